The molecule has 1 aliphatic rings. The van der Waals surface area contributed by atoms with Crippen molar-refractivity contribution in [2.75, 3.05) is 26.8 Å². The molecular formula is C13H26N2O2. The number of carbonyl (C=O) groups is 1. The van der Waals surface area contributed by atoms with Crippen LogP contribution in [-0.4, -0.2) is 49.7 Å². The predicted molar refractivity (Wildman–Crippen MR) is 68.9 cm³/mol. The summed E-state index contributed by atoms with van der Waals surface area (Å²) >= 11 is 0. The van der Waals surface area contributed by atoms with E-state index in [1.54, 1.807) is 0 Å². The van der Waals surface area contributed by atoms with Crippen molar-refractivity contribution in [2.24, 2.45) is 5.92 Å². The third kappa shape index (κ3) is 5.04. The van der Waals surface area contributed by atoms with Gasteiger partial charge in [-0.25, -0.2) is 0 Å². The molecular weight excluding hydrogens is 216 g/mol. The van der Waals surface area contributed by atoms with Gasteiger partial charge in [-0.1, -0.05) is 13.8 Å². The van der Waals surface area contributed by atoms with Crippen LogP contribution >= 0.6 is 0 Å². The van der Waals surface area contributed by atoms with Crippen molar-refractivity contribution in [3.8, 4) is 0 Å². The maximum Gasteiger partial charge on any atom is 0.224 e. The first-order chi connectivity index (χ1) is 8.00. The molecule has 4 nitrogen and oxygen atoms in total. The third-order valence-electron chi connectivity index (χ3n) is 3.29. The fourth-order valence-electron chi connectivity index (χ4n) is 2.19. The predicted octanol–water partition coefficient (Wildman–Crippen LogP) is 1.26. The molecule has 2 unspecified atom stereocenters. The second kappa shape index (κ2) is 6.97. The van der Waals surface area contributed by atoms with Gasteiger partial charge in [-0.05, 0) is 19.3 Å². The number of nitrogens with zero attached hydrogens (tertiary/aromatic N) is 1. The molecule has 0 aromatic carbocycles. The van der Waals surface area contributed by atoms with Crippen molar-refractivity contribution in [3.05, 3.63) is 0 Å². The van der Waals surface area contributed by atoms with Crippen LogP contribution in [0.25, 0.3) is 0 Å². The van der Waals surface area contributed by atoms with E-state index in [2.05, 4.69) is 26.1 Å². The van der Waals surface area contributed by atoms with Crippen LogP contribution in [0, 0.1) is 5.92 Å². The van der Waals surface area contributed by atoms with Gasteiger partial charge in [0.25, 0.3) is 0 Å². The average Bonchev–Trinajstić information content (AvgIpc) is 2.28. The second-order valence-electron chi connectivity index (χ2n) is 5.41. The van der Waals surface area contributed by atoms with Gasteiger partial charge in [0, 0.05) is 32.1 Å². The van der Waals surface area contributed by atoms with E-state index in [1.165, 1.54) is 0 Å². The summed E-state index contributed by atoms with van der Waals surface area (Å²) < 4.78 is 5.35. The molecule has 0 aromatic heterocycles. The molecule has 1 rings (SSSR count). The SMILES string of the molecule is CC(C)CC(C)N(C)C(=O)CC1COCCN1. The van der Waals surface area contributed by atoms with Crippen molar-refractivity contribution in [1.29, 1.82) is 0 Å². The maximum absolute atomic E-state index is 12.1. The molecule has 1 amide bonds. The fraction of sp³-hybridized carbons (Fsp3) is 0.923. The quantitative estimate of drug-likeness (QED) is 0.789. The average molecular weight is 242 g/mol. The third-order valence-corrected chi connectivity index (χ3v) is 3.29. The summed E-state index contributed by atoms with van der Waals surface area (Å²) in [6.45, 7) is 8.74. The van der Waals surface area contributed by atoms with Gasteiger partial charge in [0.1, 0.15) is 0 Å². The highest BCUT2D eigenvalue weighted by Crippen LogP contribution is 2.11. The van der Waals surface area contributed by atoms with Gasteiger partial charge in [0.15, 0.2) is 0 Å². The summed E-state index contributed by atoms with van der Waals surface area (Å²) in [7, 11) is 1.90. The zero-order valence-corrected chi connectivity index (χ0v) is 11.5. The highest BCUT2D eigenvalue weighted by molar-refractivity contribution is 5.76. The molecule has 2 atom stereocenters. The van der Waals surface area contributed by atoms with Crippen LogP contribution in [0.4, 0.5) is 0 Å². The molecule has 0 aromatic rings. The van der Waals surface area contributed by atoms with Crippen LogP contribution in [0.15, 0.2) is 0 Å². The van der Waals surface area contributed by atoms with Gasteiger partial charge in [-0.2, -0.15) is 0 Å². The van der Waals surface area contributed by atoms with E-state index in [-0.39, 0.29) is 11.9 Å². The van der Waals surface area contributed by atoms with Crippen LogP contribution in [-0.2, 0) is 9.53 Å². The van der Waals surface area contributed by atoms with Crippen molar-refractivity contribution < 1.29 is 9.53 Å². The number of carbonyl (C=O) groups excluding carboxylic acids is 1. The molecule has 1 heterocycles. The summed E-state index contributed by atoms with van der Waals surface area (Å²) in [5.74, 6) is 0.831. The lowest BCUT2D eigenvalue weighted by molar-refractivity contribution is -0.133. The minimum Gasteiger partial charge on any atom is -0.378 e. The van der Waals surface area contributed by atoms with Crippen LogP contribution in [0.1, 0.15) is 33.6 Å². The largest absolute Gasteiger partial charge is 0.378 e. The number of rotatable bonds is 5. The Kier molecular flexibility index (Phi) is 5.92. The Balaban J connectivity index is 2.34. The topological polar surface area (TPSA) is 41.6 Å². The van der Waals surface area contributed by atoms with Crippen LogP contribution in [0.5, 0.6) is 0 Å². The lowest BCUT2D eigenvalue weighted by Gasteiger charge is -2.29. The molecule has 100 valence electrons. The zero-order chi connectivity index (χ0) is 12.8. The van der Waals surface area contributed by atoms with Crippen LogP contribution in [0.2, 0.25) is 0 Å². The Bertz CT molecular complexity index is 238. The van der Waals surface area contributed by atoms with Gasteiger partial charge in [0.2, 0.25) is 5.91 Å². The first-order valence-corrected chi connectivity index (χ1v) is 6.57. The summed E-state index contributed by atoms with van der Waals surface area (Å²) in [6, 6.07) is 0.497. The molecule has 1 N–H and O–H groups in total. The van der Waals surface area contributed by atoms with E-state index < -0.39 is 0 Å². The van der Waals surface area contributed by atoms with E-state index in [4.69, 9.17) is 4.74 Å². The molecule has 0 bridgehead atoms. The molecule has 0 aliphatic carbocycles. The Hall–Kier alpha value is -0.610. The highest BCUT2D eigenvalue weighted by Gasteiger charge is 2.22. The number of hydrogen-bond acceptors (Lipinski definition) is 3. The minimum absolute atomic E-state index is 0.185. The zero-order valence-electron chi connectivity index (χ0n) is 11.5. The molecule has 0 radical (unpaired) electrons. The normalized spacial score (nSPS) is 22.5. The highest BCUT2D eigenvalue weighted by atomic mass is 16.5. The Labute approximate surface area is 105 Å². The van der Waals surface area contributed by atoms with E-state index in [0.29, 0.717) is 25.0 Å². The van der Waals surface area contributed by atoms with E-state index in [1.807, 2.05) is 11.9 Å². The van der Waals surface area contributed by atoms with Gasteiger partial charge in [-0.15, -0.1) is 0 Å². The Morgan fingerprint density at radius 2 is 2.18 bits per heavy atom. The number of morpholine rings is 1. The number of amides is 1. The number of hydrogen-bond donors (Lipinski definition) is 1. The van der Waals surface area contributed by atoms with E-state index in [0.717, 1.165) is 19.6 Å². The van der Waals surface area contributed by atoms with E-state index in [9.17, 15) is 4.79 Å². The molecule has 0 spiro atoms. The summed E-state index contributed by atoms with van der Waals surface area (Å²) in [5, 5.41) is 3.31. The lowest BCUT2D eigenvalue weighted by Crippen LogP contribution is -2.46. The lowest BCUT2D eigenvalue weighted by atomic mass is 10.0. The van der Waals surface area contributed by atoms with Gasteiger partial charge < -0.3 is 15.0 Å². The van der Waals surface area contributed by atoms with Gasteiger partial charge in [0.05, 0.1) is 13.2 Å². The summed E-state index contributed by atoms with van der Waals surface area (Å²) in [5.41, 5.74) is 0. The molecule has 1 saturated heterocycles. The molecule has 1 fully saturated rings. The van der Waals surface area contributed by atoms with Crippen molar-refractivity contribution in [1.82, 2.24) is 10.2 Å². The van der Waals surface area contributed by atoms with E-state index >= 15 is 0 Å². The summed E-state index contributed by atoms with van der Waals surface area (Å²) in [4.78, 5) is 13.9. The molecule has 17 heavy (non-hydrogen) atoms. The summed E-state index contributed by atoms with van der Waals surface area (Å²) in [6.07, 6.45) is 1.59. The monoisotopic (exact) mass is 242 g/mol. The van der Waals surface area contributed by atoms with Gasteiger partial charge in [-0.3, -0.25) is 4.79 Å². The Morgan fingerprint density at radius 3 is 2.71 bits per heavy atom. The fourth-order valence-corrected chi connectivity index (χ4v) is 2.19. The van der Waals surface area contributed by atoms with Gasteiger partial charge >= 0.3 is 0 Å². The molecule has 1 aliphatic heterocycles. The minimum atomic E-state index is 0.185. The van der Waals surface area contributed by atoms with Crippen molar-refractivity contribution in [2.45, 2.75) is 45.7 Å². The first kappa shape index (κ1) is 14.5. The number of nitrogens with one attached hydrogen (secondary N) is 1. The Morgan fingerprint density at radius 1 is 1.47 bits per heavy atom. The van der Waals surface area contributed by atoms with Crippen molar-refractivity contribution >= 4 is 5.91 Å². The maximum atomic E-state index is 12.1. The first-order valence-electron chi connectivity index (χ1n) is 6.57. The smallest absolute Gasteiger partial charge is 0.224 e. The molecule has 4 heteroatoms. The second-order valence-corrected chi connectivity index (χ2v) is 5.41. The van der Waals surface area contributed by atoms with Crippen LogP contribution in [0.3, 0.4) is 0 Å². The standard InChI is InChI=1S/C13H26N2O2/c1-10(2)7-11(3)15(4)13(16)8-12-9-17-6-5-14-12/h10-12,14H,5-9H2,1-4H3. The van der Waals surface area contributed by atoms with Crippen molar-refractivity contribution in [3.63, 3.8) is 0 Å². The molecule has 0 saturated carbocycles. The number of ether oxygens (including phenoxy) is 1. The van der Waals surface area contributed by atoms with Crippen LogP contribution < -0.4 is 5.32 Å².